The maximum absolute atomic E-state index is 4.61. The molecule has 1 aliphatic heterocycles. The molecule has 3 aromatic heterocycles. The number of pyridine rings is 3. The molecule has 1 aromatic carbocycles. The molecule has 5 rings (SSSR count). The molecular formula is C23H21N5. The van der Waals surface area contributed by atoms with E-state index >= 15 is 0 Å². The summed E-state index contributed by atoms with van der Waals surface area (Å²) in [4.78, 5) is 15.7. The van der Waals surface area contributed by atoms with Crippen molar-refractivity contribution < 1.29 is 0 Å². The van der Waals surface area contributed by atoms with Crippen molar-refractivity contribution in [3.63, 3.8) is 0 Å². The van der Waals surface area contributed by atoms with E-state index in [0.29, 0.717) is 0 Å². The second-order valence-electron chi connectivity index (χ2n) is 7.16. The molecule has 0 aliphatic carbocycles. The van der Waals surface area contributed by atoms with Crippen LogP contribution in [-0.4, -0.2) is 26.4 Å². The van der Waals surface area contributed by atoms with Crippen molar-refractivity contribution in [1.29, 1.82) is 0 Å². The van der Waals surface area contributed by atoms with E-state index in [1.54, 1.807) is 0 Å². The number of hydrogen-bond acceptors (Lipinski definition) is 5. The van der Waals surface area contributed by atoms with E-state index < -0.39 is 0 Å². The SMILES string of the molecule is c1ccc2ncc(Nc3nccc4c3CCN(Cc3ccncc3)C4)cc2c1. The summed E-state index contributed by atoms with van der Waals surface area (Å²) in [6.07, 6.45) is 8.47. The Balaban J connectivity index is 1.37. The van der Waals surface area contributed by atoms with E-state index in [4.69, 9.17) is 0 Å². The Hall–Kier alpha value is -3.31. The minimum absolute atomic E-state index is 0.935. The van der Waals surface area contributed by atoms with Crippen LogP contribution in [0.5, 0.6) is 0 Å². The Bertz CT molecular complexity index is 1110. The number of nitrogens with one attached hydrogen (secondary N) is 1. The quantitative estimate of drug-likeness (QED) is 0.582. The van der Waals surface area contributed by atoms with Crippen LogP contribution in [0.15, 0.2) is 73.3 Å². The van der Waals surface area contributed by atoms with E-state index in [1.165, 1.54) is 16.7 Å². The average Bonchev–Trinajstić information content (AvgIpc) is 2.74. The van der Waals surface area contributed by atoms with Crippen molar-refractivity contribution in [3.8, 4) is 0 Å². The van der Waals surface area contributed by atoms with Crippen LogP contribution in [0.4, 0.5) is 11.5 Å². The number of fused-ring (bicyclic) bond motifs is 2. The number of aromatic nitrogens is 3. The number of hydrogen-bond donors (Lipinski definition) is 1. The van der Waals surface area contributed by atoms with Gasteiger partial charge in [-0.15, -0.1) is 0 Å². The highest BCUT2D eigenvalue weighted by molar-refractivity contribution is 5.82. The molecule has 0 radical (unpaired) electrons. The lowest BCUT2D eigenvalue weighted by molar-refractivity contribution is 0.245. The molecule has 5 heteroatoms. The zero-order valence-corrected chi connectivity index (χ0v) is 15.5. The highest BCUT2D eigenvalue weighted by Crippen LogP contribution is 2.28. The predicted molar refractivity (Wildman–Crippen MR) is 111 cm³/mol. The van der Waals surface area contributed by atoms with Gasteiger partial charge in [0.2, 0.25) is 0 Å². The van der Waals surface area contributed by atoms with Crippen LogP contribution in [0.1, 0.15) is 16.7 Å². The van der Waals surface area contributed by atoms with E-state index in [0.717, 1.165) is 48.5 Å². The topological polar surface area (TPSA) is 53.9 Å². The van der Waals surface area contributed by atoms with Crippen LogP contribution in [0, 0.1) is 0 Å². The zero-order chi connectivity index (χ0) is 18.8. The lowest BCUT2D eigenvalue weighted by Crippen LogP contribution is -2.30. The molecule has 0 saturated heterocycles. The summed E-state index contributed by atoms with van der Waals surface area (Å²) < 4.78 is 0. The minimum atomic E-state index is 0.935. The second kappa shape index (κ2) is 7.37. The number of rotatable bonds is 4. The molecule has 4 aromatic rings. The molecule has 0 amide bonds. The Morgan fingerprint density at radius 1 is 0.964 bits per heavy atom. The first-order valence-electron chi connectivity index (χ1n) is 9.55. The standard InChI is InChI=1S/C23H21N5/c1-2-4-22-18(3-1)13-20(14-26-22)27-23-21-8-12-28(16-19(21)7-11-25-23)15-17-5-9-24-10-6-17/h1-7,9-11,13-14H,8,12,15-16H2,(H,25,27). The van der Waals surface area contributed by atoms with Gasteiger partial charge in [0, 0.05) is 49.2 Å². The Morgan fingerprint density at radius 3 is 2.79 bits per heavy atom. The highest BCUT2D eigenvalue weighted by Gasteiger charge is 2.20. The molecule has 4 heterocycles. The third-order valence-corrected chi connectivity index (χ3v) is 5.23. The molecule has 28 heavy (non-hydrogen) atoms. The third kappa shape index (κ3) is 3.44. The van der Waals surface area contributed by atoms with Crippen molar-refractivity contribution >= 4 is 22.4 Å². The van der Waals surface area contributed by atoms with Gasteiger partial charge in [-0.2, -0.15) is 0 Å². The van der Waals surface area contributed by atoms with Gasteiger partial charge in [0.1, 0.15) is 5.82 Å². The van der Waals surface area contributed by atoms with Crippen molar-refractivity contribution in [2.75, 3.05) is 11.9 Å². The van der Waals surface area contributed by atoms with Gasteiger partial charge in [0.15, 0.2) is 0 Å². The molecular weight excluding hydrogens is 346 g/mol. The monoisotopic (exact) mass is 367 g/mol. The third-order valence-electron chi connectivity index (χ3n) is 5.23. The minimum Gasteiger partial charge on any atom is -0.339 e. The fourth-order valence-corrected chi connectivity index (χ4v) is 3.81. The fourth-order valence-electron chi connectivity index (χ4n) is 3.81. The molecule has 0 fully saturated rings. The van der Waals surface area contributed by atoms with Crippen molar-refractivity contribution in [3.05, 3.63) is 90.0 Å². The van der Waals surface area contributed by atoms with Crippen LogP contribution in [-0.2, 0) is 19.5 Å². The Labute approximate surface area is 164 Å². The zero-order valence-electron chi connectivity index (χ0n) is 15.5. The highest BCUT2D eigenvalue weighted by atomic mass is 15.1. The molecule has 0 atom stereocenters. The second-order valence-corrected chi connectivity index (χ2v) is 7.16. The van der Waals surface area contributed by atoms with Crippen LogP contribution < -0.4 is 5.32 Å². The largest absolute Gasteiger partial charge is 0.339 e. The molecule has 5 nitrogen and oxygen atoms in total. The van der Waals surface area contributed by atoms with Gasteiger partial charge in [-0.3, -0.25) is 14.9 Å². The Kier molecular flexibility index (Phi) is 4.43. The number of anilines is 2. The van der Waals surface area contributed by atoms with E-state index in [2.05, 4.69) is 55.5 Å². The van der Waals surface area contributed by atoms with Gasteiger partial charge in [-0.25, -0.2) is 4.98 Å². The van der Waals surface area contributed by atoms with Gasteiger partial charge in [0.05, 0.1) is 17.4 Å². The van der Waals surface area contributed by atoms with Gasteiger partial charge in [0.25, 0.3) is 0 Å². The summed E-state index contributed by atoms with van der Waals surface area (Å²) >= 11 is 0. The summed E-state index contributed by atoms with van der Waals surface area (Å²) in [5.41, 5.74) is 5.92. The molecule has 0 bridgehead atoms. The summed E-state index contributed by atoms with van der Waals surface area (Å²) in [5, 5.41) is 4.61. The summed E-state index contributed by atoms with van der Waals surface area (Å²) in [6.45, 7) is 2.90. The van der Waals surface area contributed by atoms with Gasteiger partial charge in [-0.05, 0) is 47.9 Å². The van der Waals surface area contributed by atoms with Crippen LogP contribution in [0.3, 0.4) is 0 Å². The Morgan fingerprint density at radius 2 is 1.86 bits per heavy atom. The summed E-state index contributed by atoms with van der Waals surface area (Å²) in [6, 6.07) is 16.6. The smallest absolute Gasteiger partial charge is 0.133 e. The van der Waals surface area contributed by atoms with E-state index in [1.807, 2.05) is 43.0 Å². The molecule has 0 spiro atoms. The lowest BCUT2D eigenvalue weighted by Gasteiger charge is -2.29. The number of para-hydroxylation sites is 1. The molecule has 0 saturated carbocycles. The fraction of sp³-hybridized carbons (Fsp3) is 0.174. The lowest BCUT2D eigenvalue weighted by atomic mass is 10.0. The van der Waals surface area contributed by atoms with Gasteiger partial charge >= 0.3 is 0 Å². The number of benzene rings is 1. The van der Waals surface area contributed by atoms with Crippen molar-refractivity contribution in [2.45, 2.75) is 19.5 Å². The summed E-state index contributed by atoms with van der Waals surface area (Å²) in [5.74, 6) is 0.943. The number of nitrogens with zero attached hydrogens (tertiary/aromatic N) is 4. The average molecular weight is 367 g/mol. The molecule has 138 valence electrons. The van der Waals surface area contributed by atoms with Crippen LogP contribution >= 0.6 is 0 Å². The van der Waals surface area contributed by atoms with Gasteiger partial charge in [-0.1, -0.05) is 18.2 Å². The first kappa shape index (κ1) is 16.8. The molecule has 0 unspecified atom stereocenters. The normalized spacial score (nSPS) is 14.0. The van der Waals surface area contributed by atoms with E-state index in [9.17, 15) is 0 Å². The maximum atomic E-state index is 4.61. The van der Waals surface area contributed by atoms with Crippen molar-refractivity contribution in [2.24, 2.45) is 0 Å². The van der Waals surface area contributed by atoms with E-state index in [-0.39, 0.29) is 0 Å². The predicted octanol–water partition coefficient (Wildman–Crippen LogP) is 4.33. The molecule has 1 aliphatic rings. The first-order chi connectivity index (χ1) is 13.8. The van der Waals surface area contributed by atoms with Crippen LogP contribution in [0.2, 0.25) is 0 Å². The van der Waals surface area contributed by atoms with Gasteiger partial charge < -0.3 is 5.32 Å². The summed E-state index contributed by atoms with van der Waals surface area (Å²) in [7, 11) is 0. The van der Waals surface area contributed by atoms with Crippen molar-refractivity contribution in [1.82, 2.24) is 19.9 Å². The first-order valence-corrected chi connectivity index (χ1v) is 9.55. The molecule has 1 N–H and O–H groups in total. The maximum Gasteiger partial charge on any atom is 0.133 e. The van der Waals surface area contributed by atoms with Crippen LogP contribution in [0.25, 0.3) is 10.9 Å².